The Labute approximate surface area is 106 Å². The maximum atomic E-state index is 12.0. The largest absolute Gasteiger partial charge is 0.343 e. The highest BCUT2D eigenvalue weighted by atomic mass is 16.2. The number of nitrogens with zero attached hydrogens (tertiary/aromatic N) is 3. The average Bonchev–Trinajstić information content (AvgIpc) is 2.80. The highest BCUT2D eigenvalue weighted by Crippen LogP contribution is 2.14. The first kappa shape index (κ1) is 12.6. The number of rotatable bonds is 3. The summed E-state index contributed by atoms with van der Waals surface area (Å²) in [5, 5.41) is 6.83. The number of aryl methyl sites for hydroxylation is 1. The van der Waals surface area contributed by atoms with Gasteiger partial charge in [-0.05, 0) is 20.8 Å². The van der Waals surface area contributed by atoms with Crippen molar-refractivity contribution in [3.63, 3.8) is 0 Å². The van der Waals surface area contributed by atoms with Crippen LogP contribution < -0.4 is 5.32 Å². The average molecular weight is 250 g/mol. The van der Waals surface area contributed by atoms with E-state index in [2.05, 4.69) is 10.4 Å². The Morgan fingerprint density at radius 1 is 1.39 bits per heavy atom. The lowest BCUT2D eigenvalue weighted by atomic mass is 10.1. The Bertz CT molecular complexity index is 468. The van der Waals surface area contributed by atoms with Gasteiger partial charge in [-0.15, -0.1) is 0 Å². The zero-order chi connectivity index (χ0) is 13.3. The van der Waals surface area contributed by atoms with E-state index in [4.69, 9.17) is 0 Å². The Balaban J connectivity index is 2.15. The van der Waals surface area contributed by atoms with E-state index in [1.165, 1.54) is 0 Å². The van der Waals surface area contributed by atoms with Crippen LogP contribution in [0.1, 0.15) is 26.3 Å². The molecule has 1 aromatic heterocycles. The van der Waals surface area contributed by atoms with Crippen LogP contribution in [0.2, 0.25) is 0 Å². The van der Waals surface area contributed by atoms with Crippen LogP contribution >= 0.6 is 0 Å². The van der Waals surface area contributed by atoms with Crippen molar-refractivity contribution in [1.29, 1.82) is 0 Å². The van der Waals surface area contributed by atoms with Crippen molar-refractivity contribution in [2.45, 2.75) is 45.9 Å². The van der Waals surface area contributed by atoms with Crippen LogP contribution in [0.4, 0.5) is 0 Å². The number of carbonyl (C=O) groups is 2. The third-order valence-corrected chi connectivity index (χ3v) is 3.22. The quantitative estimate of drug-likeness (QED) is 0.829. The second-order valence-electron chi connectivity index (χ2n) is 4.58. The molecule has 98 valence electrons. The highest BCUT2D eigenvalue weighted by Gasteiger charge is 2.35. The van der Waals surface area contributed by atoms with Crippen molar-refractivity contribution < 1.29 is 9.59 Å². The molecule has 6 heteroatoms. The molecule has 0 aliphatic carbocycles. The molecule has 2 rings (SSSR count). The van der Waals surface area contributed by atoms with Gasteiger partial charge in [0.2, 0.25) is 11.8 Å². The van der Waals surface area contributed by atoms with Gasteiger partial charge >= 0.3 is 0 Å². The standard InChI is InChI=1S/C12H18N4O2/c1-4-15-6-10(5-13-15)7-16-9(3)11(17)14-8(2)12(16)18/h5-6,8-9H,4,7H2,1-3H3,(H,14,17). The second-order valence-corrected chi connectivity index (χ2v) is 4.58. The van der Waals surface area contributed by atoms with E-state index >= 15 is 0 Å². The molecule has 2 atom stereocenters. The van der Waals surface area contributed by atoms with Crippen LogP contribution in [-0.2, 0) is 22.7 Å². The molecule has 0 radical (unpaired) electrons. The van der Waals surface area contributed by atoms with Crippen molar-refractivity contribution in [2.75, 3.05) is 0 Å². The molecule has 2 unspecified atom stereocenters. The molecular weight excluding hydrogens is 232 g/mol. The Kier molecular flexibility index (Phi) is 3.36. The Morgan fingerprint density at radius 2 is 2.11 bits per heavy atom. The zero-order valence-electron chi connectivity index (χ0n) is 10.9. The van der Waals surface area contributed by atoms with Crippen LogP contribution in [-0.4, -0.2) is 38.6 Å². The lowest BCUT2D eigenvalue weighted by Crippen LogP contribution is -2.60. The van der Waals surface area contributed by atoms with Crippen LogP contribution in [0.25, 0.3) is 0 Å². The van der Waals surface area contributed by atoms with Gasteiger partial charge in [0.05, 0.1) is 6.20 Å². The van der Waals surface area contributed by atoms with Crippen molar-refractivity contribution in [3.8, 4) is 0 Å². The molecule has 0 bridgehead atoms. The van der Waals surface area contributed by atoms with Crippen molar-refractivity contribution in [2.24, 2.45) is 0 Å². The molecule has 1 aromatic rings. The Morgan fingerprint density at radius 3 is 2.72 bits per heavy atom. The van der Waals surface area contributed by atoms with Gasteiger partial charge in [-0.2, -0.15) is 5.10 Å². The van der Waals surface area contributed by atoms with Crippen molar-refractivity contribution in [1.82, 2.24) is 20.0 Å². The van der Waals surface area contributed by atoms with Gasteiger partial charge in [-0.3, -0.25) is 14.3 Å². The number of hydrogen-bond acceptors (Lipinski definition) is 3. The molecule has 0 saturated carbocycles. The summed E-state index contributed by atoms with van der Waals surface area (Å²) in [7, 11) is 0. The summed E-state index contributed by atoms with van der Waals surface area (Å²) >= 11 is 0. The van der Waals surface area contributed by atoms with E-state index in [1.54, 1.807) is 29.6 Å². The highest BCUT2D eigenvalue weighted by molar-refractivity contribution is 5.96. The van der Waals surface area contributed by atoms with Gasteiger partial charge < -0.3 is 10.2 Å². The minimum Gasteiger partial charge on any atom is -0.343 e. The SMILES string of the molecule is CCn1cc(CN2C(=O)C(C)NC(=O)C2C)cn1. The Hall–Kier alpha value is -1.85. The number of nitrogens with one attached hydrogen (secondary N) is 1. The molecule has 0 spiro atoms. The molecule has 6 nitrogen and oxygen atoms in total. The van der Waals surface area contributed by atoms with Crippen LogP contribution in [0, 0.1) is 0 Å². The van der Waals surface area contributed by atoms with E-state index in [9.17, 15) is 9.59 Å². The van der Waals surface area contributed by atoms with Gasteiger partial charge in [0.25, 0.3) is 0 Å². The monoisotopic (exact) mass is 250 g/mol. The van der Waals surface area contributed by atoms with Gasteiger partial charge in [-0.25, -0.2) is 0 Å². The predicted molar refractivity (Wildman–Crippen MR) is 65.5 cm³/mol. The second kappa shape index (κ2) is 4.80. The van der Waals surface area contributed by atoms with E-state index < -0.39 is 12.1 Å². The van der Waals surface area contributed by atoms with Crippen LogP contribution in [0.15, 0.2) is 12.4 Å². The molecular formula is C12H18N4O2. The normalized spacial score (nSPS) is 24.3. The lowest BCUT2D eigenvalue weighted by molar-refractivity contribution is -0.148. The molecule has 1 saturated heterocycles. The van der Waals surface area contributed by atoms with Crippen molar-refractivity contribution in [3.05, 3.63) is 18.0 Å². The van der Waals surface area contributed by atoms with Gasteiger partial charge in [0.15, 0.2) is 0 Å². The molecule has 18 heavy (non-hydrogen) atoms. The topological polar surface area (TPSA) is 67.2 Å². The maximum absolute atomic E-state index is 12.0. The molecule has 1 fully saturated rings. The maximum Gasteiger partial charge on any atom is 0.245 e. The third-order valence-electron chi connectivity index (χ3n) is 3.22. The smallest absolute Gasteiger partial charge is 0.245 e. The fourth-order valence-electron chi connectivity index (χ4n) is 2.05. The van der Waals surface area contributed by atoms with E-state index in [1.807, 2.05) is 13.1 Å². The van der Waals surface area contributed by atoms with E-state index in [0.717, 1.165) is 12.1 Å². The first-order valence-electron chi connectivity index (χ1n) is 6.15. The van der Waals surface area contributed by atoms with E-state index in [0.29, 0.717) is 6.54 Å². The van der Waals surface area contributed by atoms with Gasteiger partial charge in [0, 0.05) is 24.8 Å². The molecule has 1 aliphatic rings. The van der Waals surface area contributed by atoms with Crippen LogP contribution in [0.5, 0.6) is 0 Å². The molecule has 1 N–H and O–H groups in total. The molecule has 1 aliphatic heterocycles. The first-order chi connectivity index (χ1) is 8.52. The number of aromatic nitrogens is 2. The fraction of sp³-hybridized carbons (Fsp3) is 0.583. The predicted octanol–water partition coefficient (Wildman–Crippen LogP) is 0.138. The fourth-order valence-corrected chi connectivity index (χ4v) is 2.05. The molecule has 0 aromatic carbocycles. The number of hydrogen-bond donors (Lipinski definition) is 1. The zero-order valence-corrected chi connectivity index (χ0v) is 10.9. The number of piperazine rings is 1. The summed E-state index contributed by atoms with van der Waals surface area (Å²) in [6, 6.07) is -0.881. The summed E-state index contributed by atoms with van der Waals surface area (Å²) in [4.78, 5) is 25.3. The molecule has 2 amide bonds. The molecule has 2 heterocycles. The first-order valence-corrected chi connectivity index (χ1v) is 6.15. The summed E-state index contributed by atoms with van der Waals surface area (Å²) < 4.78 is 1.80. The summed E-state index contributed by atoms with van der Waals surface area (Å²) in [6.45, 7) is 6.66. The minimum atomic E-state index is -0.449. The lowest BCUT2D eigenvalue weighted by Gasteiger charge is -2.35. The number of amides is 2. The van der Waals surface area contributed by atoms with Crippen LogP contribution in [0.3, 0.4) is 0 Å². The van der Waals surface area contributed by atoms with Gasteiger partial charge in [0.1, 0.15) is 12.1 Å². The number of carbonyl (C=O) groups excluding carboxylic acids is 2. The van der Waals surface area contributed by atoms with Gasteiger partial charge in [-0.1, -0.05) is 0 Å². The van der Waals surface area contributed by atoms with E-state index in [-0.39, 0.29) is 11.8 Å². The minimum absolute atomic E-state index is 0.0497. The summed E-state index contributed by atoms with van der Waals surface area (Å²) in [6.07, 6.45) is 3.64. The third kappa shape index (κ3) is 2.23. The summed E-state index contributed by atoms with van der Waals surface area (Å²) in [5.74, 6) is -0.156. The summed E-state index contributed by atoms with van der Waals surface area (Å²) in [5.41, 5.74) is 0.943. The van der Waals surface area contributed by atoms with Crippen molar-refractivity contribution >= 4 is 11.8 Å².